The lowest BCUT2D eigenvalue weighted by Gasteiger charge is -2.17. The molecule has 0 fully saturated rings. The molecule has 1 N–H and O–H groups in total. The van der Waals surface area contributed by atoms with Crippen LogP contribution in [0.4, 0.5) is 0 Å². The fourth-order valence-electron chi connectivity index (χ4n) is 2.16. The Morgan fingerprint density at radius 1 is 1.38 bits per heavy atom. The summed E-state index contributed by atoms with van der Waals surface area (Å²) >= 11 is 0. The van der Waals surface area contributed by atoms with Gasteiger partial charge in [0.2, 0.25) is 0 Å². The Balaban J connectivity index is 1.90. The number of benzene rings is 1. The first kappa shape index (κ1) is 11.5. The van der Waals surface area contributed by atoms with E-state index in [2.05, 4.69) is 30.4 Å². The van der Waals surface area contributed by atoms with Gasteiger partial charge in [-0.2, -0.15) is 0 Å². The number of fused-ring (bicyclic) bond motifs is 1. The lowest BCUT2D eigenvalue weighted by molar-refractivity contribution is 0.288. The molecule has 2 nitrogen and oxygen atoms in total. The van der Waals surface area contributed by atoms with Gasteiger partial charge in [-0.3, -0.25) is 0 Å². The number of aryl methyl sites for hydroxylation is 2. The van der Waals surface area contributed by atoms with Crippen LogP contribution in [0, 0.1) is 0 Å². The van der Waals surface area contributed by atoms with Gasteiger partial charge in [-0.05, 0) is 56.0 Å². The Labute approximate surface area is 98.0 Å². The van der Waals surface area contributed by atoms with Crippen molar-refractivity contribution in [3.05, 3.63) is 29.3 Å². The summed E-state index contributed by atoms with van der Waals surface area (Å²) in [7, 11) is 0. The number of nitrogens with one attached hydrogen (secondary N) is 1. The third-order valence-electron chi connectivity index (χ3n) is 3.04. The van der Waals surface area contributed by atoms with Crippen molar-refractivity contribution in [2.24, 2.45) is 0 Å². The first-order chi connectivity index (χ1) is 7.90. The van der Waals surface area contributed by atoms with Crippen molar-refractivity contribution in [3.8, 4) is 5.75 Å². The average molecular weight is 219 g/mol. The Bertz CT molecular complexity index is 336. The van der Waals surface area contributed by atoms with Crippen molar-refractivity contribution in [3.63, 3.8) is 0 Å². The average Bonchev–Trinajstić information content (AvgIpc) is 2.34. The van der Waals surface area contributed by atoms with E-state index in [-0.39, 0.29) is 0 Å². The number of hydrogen-bond donors (Lipinski definition) is 1. The summed E-state index contributed by atoms with van der Waals surface area (Å²) in [5.74, 6) is 1.10. The van der Waals surface area contributed by atoms with Crippen LogP contribution in [0.5, 0.6) is 5.75 Å². The summed E-state index contributed by atoms with van der Waals surface area (Å²) in [6.45, 7) is 5.21. The van der Waals surface area contributed by atoms with Crippen molar-refractivity contribution in [2.45, 2.75) is 32.6 Å². The molecule has 2 heteroatoms. The largest absolute Gasteiger partial charge is 0.493 e. The molecule has 0 radical (unpaired) electrons. The summed E-state index contributed by atoms with van der Waals surface area (Å²) in [4.78, 5) is 0. The Hall–Kier alpha value is -1.02. The SMILES string of the molecule is CCNCCCc1ccc2c(c1)CCCO2. The monoisotopic (exact) mass is 219 g/mol. The molecule has 1 aromatic carbocycles. The maximum Gasteiger partial charge on any atom is 0.122 e. The molecule has 0 bridgehead atoms. The Kier molecular flexibility index (Phi) is 4.23. The number of rotatable bonds is 5. The molecule has 1 aliphatic heterocycles. The van der Waals surface area contributed by atoms with E-state index in [1.165, 1.54) is 30.4 Å². The van der Waals surface area contributed by atoms with Crippen LogP contribution in [0.15, 0.2) is 18.2 Å². The van der Waals surface area contributed by atoms with Crippen LogP contribution in [0.3, 0.4) is 0 Å². The van der Waals surface area contributed by atoms with Crippen LogP contribution in [0.25, 0.3) is 0 Å². The van der Waals surface area contributed by atoms with E-state index in [9.17, 15) is 0 Å². The van der Waals surface area contributed by atoms with Crippen molar-refractivity contribution in [1.29, 1.82) is 0 Å². The van der Waals surface area contributed by atoms with Gasteiger partial charge in [0.25, 0.3) is 0 Å². The molecule has 0 saturated carbocycles. The molecule has 1 aliphatic rings. The summed E-state index contributed by atoms with van der Waals surface area (Å²) in [6, 6.07) is 6.66. The molecule has 0 spiro atoms. The molecular weight excluding hydrogens is 198 g/mol. The third kappa shape index (κ3) is 2.99. The van der Waals surface area contributed by atoms with E-state index in [1.807, 2.05) is 0 Å². The first-order valence-electron chi connectivity index (χ1n) is 6.35. The highest BCUT2D eigenvalue weighted by Crippen LogP contribution is 2.25. The second-order valence-corrected chi connectivity index (χ2v) is 4.35. The fraction of sp³-hybridized carbons (Fsp3) is 0.571. The van der Waals surface area contributed by atoms with Gasteiger partial charge in [-0.15, -0.1) is 0 Å². The van der Waals surface area contributed by atoms with Gasteiger partial charge in [0.15, 0.2) is 0 Å². The summed E-state index contributed by atoms with van der Waals surface area (Å²) < 4.78 is 5.61. The van der Waals surface area contributed by atoms with Crippen LogP contribution in [-0.2, 0) is 12.8 Å². The van der Waals surface area contributed by atoms with E-state index in [4.69, 9.17) is 4.74 Å². The molecule has 1 aromatic rings. The van der Waals surface area contributed by atoms with Crippen LogP contribution >= 0.6 is 0 Å². The van der Waals surface area contributed by atoms with Gasteiger partial charge in [-0.25, -0.2) is 0 Å². The fourth-order valence-corrected chi connectivity index (χ4v) is 2.16. The first-order valence-corrected chi connectivity index (χ1v) is 6.35. The van der Waals surface area contributed by atoms with Gasteiger partial charge in [0.05, 0.1) is 6.61 Å². The quantitative estimate of drug-likeness (QED) is 0.768. The molecule has 0 aromatic heterocycles. The lowest BCUT2D eigenvalue weighted by atomic mass is 10.0. The Morgan fingerprint density at radius 3 is 3.19 bits per heavy atom. The van der Waals surface area contributed by atoms with Crippen molar-refractivity contribution < 1.29 is 4.74 Å². The number of hydrogen-bond acceptors (Lipinski definition) is 2. The van der Waals surface area contributed by atoms with E-state index in [0.717, 1.165) is 31.9 Å². The molecular formula is C14H21NO. The van der Waals surface area contributed by atoms with Crippen molar-refractivity contribution in [1.82, 2.24) is 5.32 Å². The zero-order valence-electron chi connectivity index (χ0n) is 10.1. The molecule has 16 heavy (non-hydrogen) atoms. The molecule has 0 unspecified atom stereocenters. The summed E-state index contributed by atoms with van der Waals surface area (Å²) in [5, 5.41) is 3.36. The maximum atomic E-state index is 5.61. The van der Waals surface area contributed by atoms with Crippen LogP contribution < -0.4 is 10.1 Å². The minimum absolute atomic E-state index is 0.882. The lowest BCUT2D eigenvalue weighted by Crippen LogP contribution is -2.14. The van der Waals surface area contributed by atoms with E-state index >= 15 is 0 Å². The zero-order chi connectivity index (χ0) is 11.2. The predicted octanol–water partition coefficient (Wildman–Crippen LogP) is 2.55. The molecule has 0 atom stereocenters. The van der Waals surface area contributed by atoms with Crippen LogP contribution in [-0.4, -0.2) is 19.7 Å². The van der Waals surface area contributed by atoms with Crippen LogP contribution in [0.2, 0.25) is 0 Å². The zero-order valence-corrected chi connectivity index (χ0v) is 10.1. The maximum absolute atomic E-state index is 5.61. The third-order valence-corrected chi connectivity index (χ3v) is 3.04. The van der Waals surface area contributed by atoms with Gasteiger partial charge in [-0.1, -0.05) is 19.1 Å². The smallest absolute Gasteiger partial charge is 0.122 e. The second-order valence-electron chi connectivity index (χ2n) is 4.35. The van der Waals surface area contributed by atoms with E-state index in [1.54, 1.807) is 0 Å². The molecule has 1 heterocycles. The highest BCUT2D eigenvalue weighted by molar-refractivity contribution is 5.38. The van der Waals surface area contributed by atoms with E-state index < -0.39 is 0 Å². The van der Waals surface area contributed by atoms with Gasteiger partial charge >= 0.3 is 0 Å². The highest BCUT2D eigenvalue weighted by atomic mass is 16.5. The minimum atomic E-state index is 0.882. The molecule has 88 valence electrons. The second kappa shape index (κ2) is 5.90. The highest BCUT2D eigenvalue weighted by Gasteiger charge is 2.09. The van der Waals surface area contributed by atoms with Gasteiger partial charge < -0.3 is 10.1 Å². The molecule has 0 saturated heterocycles. The minimum Gasteiger partial charge on any atom is -0.493 e. The summed E-state index contributed by atoms with van der Waals surface area (Å²) in [5.41, 5.74) is 2.84. The number of ether oxygens (including phenoxy) is 1. The van der Waals surface area contributed by atoms with Crippen molar-refractivity contribution in [2.75, 3.05) is 19.7 Å². The molecule has 0 amide bonds. The van der Waals surface area contributed by atoms with Gasteiger partial charge in [0.1, 0.15) is 5.75 Å². The standard InChI is InChI=1S/C14H21NO/c1-2-15-9-3-5-12-7-8-14-13(11-12)6-4-10-16-14/h7-8,11,15H,2-6,9-10H2,1H3. The van der Waals surface area contributed by atoms with Crippen LogP contribution in [0.1, 0.15) is 30.9 Å². The Morgan fingerprint density at radius 2 is 2.31 bits per heavy atom. The predicted molar refractivity (Wildman–Crippen MR) is 67.1 cm³/mol. The molecule has 2 rings (SSSR count). The summed E-state index contributed by atoms with van der Waals surface area (Å²) in [6.07, 6.45) is 4.72. The van der Waals surface area contributed by atoms with Crippen molar-refractivity contribution >= 4 is 0 Å². The van der Waals surface area contributed by atoms with Gasteiger partial charge in [0, 0.05) is 0 Å². The molecule has 0 aliphatic carbocycles. The topological polar surface area (TPSA) is 21.3 Å². The van der Waals surface area contributed by atoms with E-state index in [0.29, 0.717) is 0 Å². The normalized spacial score (nSPS) is 14.3.